The molecule has 0 aromatic rings. The summed E-state index contributed by atoms with van der Waals surface area (Å²) < 4.78 is 20.2. The summed E-state index contributed by atoms with van der Waals surface area (Å²) in [6.45, 7) is -1.11. The first kappa shape index (κ1) is 15.6. The molecule has 96 valence electrons. The predicted molar refractivity (Wildman–Crippen MR) is 54.9 cm³/mol. The molecule has 0 aromatic heterocycles. The van der Waals surface area contributed by atoms with Crippen LogP contribution in [0.1, 0.15) is 0 Å². The van der Waals surface area contributed by atoms with Crippen molar-refractivity contribution < 1.29 is 33.2 Å². The van der Waals surface area contributed by atoms with Gasteiger partial charge in [-0.25, -0.2) is 0 Å². The van der Waals surface area contributed by atoms with E-state index in [9.17, 15) is 9.46 Å². The lowest BCUT2D eigenvalue weighted by molar-refractivity contribution is -0.817. The molecule has 2 N–H and O–H groups in total. The monoisotopic (exact) mass is 255 g/mol. The molecule has 8 heteroatoms. The van der Waals surface area contributed by atoms with E-state index in [1.54, 1.807) is 0 Å². The second-order valence-corrected chi connectivity index (χ2v) is 5.45. The van der Waals surface area contributed by atoms with Crippen LogP contribution in [0.15, 0.2) is 12.5 Å². The van der Waals surface area contributed by atoms with Crippen molar-refractivity contribution >= 4 is 7.82 Å². The van der Waals surface area contributed by atoms with Gasteiger partial charge < -0.3 is 28.6 Å². The molecule has 16 heavy (non-hydrogen) atoms. The van der Waals surface area contributed by atoms with Crippen LogP contribution >= 0.6 is 7.82 Å². The van der Waals surface area contributed by atoms with Crippen LogP contribution in [0.5, 0.6) is 0 Å². The fourth-order valence-corrected chi connectivity index (χ4v) is 1.16. The average molecular weight is 255 g/mol. The van der Waals surface area contributed by atoms with Crippen LogP contribution < -0.4 is 4.89 Å². The molecule has 0 bridgehead atoms. The van der Waals surface area contributed by atoms with Crippen LogP contribution in [0.25, 0.3) is 0 Å². The molecule has 0 radical (unpaired) electrons. The van der Waals surface area contributed by atoms with Gasteiger partial charge in [-0.3, -0.25) is 4.57 Å². The van der Waals surface area contributed by atoms with Crippen molar-refractivity contribution in [3.63, 3.8) is 0 Å². The number of rotatable bonds is 7. The second kappa shape index (κ2) is 6.34. The summed E-state index contributed by atoms with van der Waals surface area (Å²) >= 11 is 0. The molecule has 1 unspecified atom stereocenters. The SMILES string of the molecule is C[N+](C)(C)C=COP(=O)([O-])OC[C@@H](O)CO. The summed E-state index contributed by atoms with van der Waals surface area (Å²) in [7, 11) is 0.971. The fraction of sp³-hybridized carbons (Fsp3) is 0.750. The zero-order valence-electron chi connectivity index (χ0n) is 9.57. The minimum Gasteiger partial charge on any atom is -0.746 e. The quantitative estimate of drug-likeness (QED) is 0.344. The maximum atomic E-state index is 11.1. The van der Waals surface area contributed by atoms with Crippen molar-refractivity contribution in [3.8, 4) is 0 Å². The van der Waals surface area contributed by atoms with Gasteiger partial charge in [0.1, 0.15) is 18.6 Å². The summed E-state index contributed by atoms with van der Waals surface area (Å²) in [6.07, 6.45) is 1.25. The molecule has 0 aromatic carbocycles. The first-order valence-corrected chi connectivity index (χ1v) is 6.04. The number of quaternary nitrogens is 1. The van der Waals surface area contributed by atoms with Gasteiger partial charge in [-0.05, 0) is 0 Å². The lowest BCUT2D eigenvalue weighted by Gasteiger charge is -2.23. The van der Waals surface area contributed by atoms with Gasteiger partial charge in [0.05, 0.1) is 34.4 Å². The Hall–Kier alpha value is -0.430. The van der Waals surface area contributed by atoms with Crippen LogP contribution in [0.4, 0.5) is 0 Å². The summed E-state index contributed by atoms with van der Waals surface area (Å²) in [5.41, 5.74) is 0. The zero-order chi connectivity index (χ0) is 12.8. The normalized spacial score (nSPS) is 18.4. The Kier molecular flexibility index (Phi) is 6.17. The minimum atomic E-state index is -4.46. The number of aliphatic hydroxyl groups excluding tert-OH is 2. The van der Waals surface area contributed by atoms with E-state index in [0.717, 1.165) is 6.26 Å². The van der Waals surface area contributed by atoms with Crippen LogP contribution in [0.3, 0.4) is 0 Å². The van der Waals surface area contributed by atoms with Crippen LogP contribution in [-0.2, 0) is 13.6 Å². The Morgan fingerprint density at radius 1 is 1.50 bits per heavy atom. The van der Waals surface area contributed by atoms with Gasteiger partial charge in [0.2, 0.25) is 0 Å². The van der Waals surface area contributed by atoms with E-state index in [1.165, 1.54) is 6.20 Å². The molecule has 0 heterocycles. The molecule has 0 fully saturated rings. The molecular formula is C8H18NO6P. The van der Waals surface area contributed by atoms with Crippen LogP contribution in [0.2, 0.25) is 0 Å². The number of hydrogen-bond acceptors (Lipinski definition) is 6. The van der Waals surface area contributed by atoms with Gasteiger partial charge >= 0.3 is 7.82 Å². The van der Waals surface area contributed by atoms with Crippen molar-refractivity contribution in [2.45, 2.75) is 6.10 Å². The number of aliphatic hydroxyl groups is 2. The molecular weight excluding hydrogens is 237 g/mol. The third kappa shape index (κ3) is 8.84. The number of nitrogens with zero attached hydrogens (tertiary/aromatic N) is 1. The van der Waals surface area contributed by atoms with Crippen molar-refractivity contribution in [2.24, 2.45) is 0 Å². The van der Waals surface area contributed by atoms with Gasteiger partial charge in [0.25, 0.3) is 0 Å². The standard InChI is InChI=1S/C8H18NO6P/c1-9(2,3)4-5-14-16(12,13)15-7-8(11)6-10/h4-5,8,10-11H,6-7H2,1-3H3/t8-/m0/s1. The Balaban J connectivity index is 4.06. The van der Waals surface area contributed by atoms with E-state index >= 15 is 0 Å². The van der Waals surface area contributed by atoms with Crippen molar-refractivity contribution in [1.82, 2.24) is 0 Å². The molecule has 0 saturated carbocycles. The van der Waals surface area contributed by atoms with Gasteiger partial charge in [-0.1, -0.05) is 0 Å². The second-order valence-electron chi connectivity index (χ2n) is 4.09. The topological polar surface area (TPSA) is 99.1 Å². The van der Waals surface area contributed by atoms with Crippen LogP contribution in [-0.4, -0.2) is 55.2 Å². The Bertz CT molecular complexity index is 274. The Morgan fingerprint density at radius 2 is 2.06 bits per heavy atom. The summed E-state index contributed by atoms with van der Waals surface area (Å²) in [5, 5.41) is 17.3. The highest BCUT2D eigenvalue weighted by atomic mass is 31.2. The van der Waals surface area contributed by atoms with E-state index in [-0.39, 0.29) is 0 Å². The predicted octanol–water partition coefficient (Wildman–Crippen LogP) is -0.981. The zero-order valence-corrected chi connectivity index (χ0v) is 10.5. The van der Waals surface area contributed by atoms with Crippen LogP contribution in [0, 0.1) is 0 Å². The molecule has 0 aliphatic carbocycles. The molecule has 2 atom stereocenters. The highest BCUT2D eigenvalue weighted by molar-refractivity contribution is 7.45. The number of phosphoric ester groups is 1. The third-order valence-corrected chi connectivity index (χ3v) is 2.18. The summed E-state index contributed by atoms with van der Waals surface area (Å²) in [4.78, 5) is 11.1. The van der Waals surface area contributed by atoms with E-state index in [4.69, 9.17) is 10.2 Å². The lowest BCUT2D eigenvalue weighted by atomic mass is 10.4. The lowest BCUT2D eigenvalue weighted by Crippen LogP contribution is -2.26. The molecule has 0 rings (SSSR count). The molecule has 0 amide bonds. The van der Waals surface area contributed by atoms with Crippen molar-refractivity contribution in [3.05, 3.63) is 12.5 Å². The highest BCUT2D eigenvalue weighted by Gasteiger charge is 2.12. The first-order valence-electron chi connectivity index (χ1n) is 4.58. The van der Waals surface area contributed by atoms with E-state index < -0.39 is 27.1 Å². The van der Waals surface area contributed by atoms with Gasteiger partial charge in [-0.2, -0.15) is 0 Å². The first-order chi connectivity index (χ1) is 7.16. The molecule has 0 saturated heterocycles. The van der Waals surface area contributed by atoms with Gasteiger partial charge in [-0.15, -0.1) is 0 Å². The van der Waals surface area contributed by atoms with Gasteiger partial charge in [0.15, 0.2) is 0 Å². The Labute approximate surface area is 94.7 Å². The van der Waals surface area contributed by atoms with Gasteiger partial charge in [0, 0.05) is 0 Å². The molecule has 0 aliphatic rings. The van der Waals surface area contributed by atoms with Crippen molar-refractivity contribution in [1.29, 1.82) is 0 Å². The average Bonchev–Trinajstić information content (AvgIpc) is 2.12. The number of phosphoric acid groups is 1. The minimum absolute atomic E-state index is 0.388. The van der Waals surface area contributed by atoms with E-state index in [1.807, 2.05) is 21.1 Å². The largest absolute Gasteiger partial charge is 0.746 e. The van der Waals surface area contributed by atoms with E-state index in [2.05, 4.69) is 9.05 Å². The third-order valence-electron chi connectivity index (χ3n) is 1.33. The van der Waals surface area contributed by atoms with Crippen molar-refractivity contribution in [2.75, 3.05) is 34.4 Å². The number of hydrogen-bond donors (Lipinski definition) is 2. The molecule has 0 spiro atoms. The summed E-state index contributed by atoms with van der Waals surface area (Å²) in [6, 6.07) is 0. The smallest absolute Gasteiger partial charge is 0.319 e. The molecule has 0 aliphatic heterocycles. The fourth-order valence-electron chi connectivity index (χ4n) is 0.545. The maximum absolute atomic E-state index is 11.1. The molecule has 7 nitrogen and oxygen atoms in total. The highest BCUT2D eigenvalue weighted by Crippen LogP contribution is 2.38. The van der Waals surface area contributed by atoms with E-state index in [0.29, 0.717) is 4.48 Å². The maximum Gasteiger partial charge on any atom is 0.319 e. The summed E-state index contributed by atoms with van der Waals surface area (Å²) in [5.74, 6) is 0. The Morgan fingerprint density at radius 3 is 2.50 bits per heavy atom.